The van der Waals surface area contributed by atoms with Crippen LogP contribution in [0.5, 0.6) is 0 Å². The number of benzene rings is 2. The molecule has 0 radical (unpaired) electrons. The Morgan fingerprint density at radius 2 is 1.48 bits per heavy atom. The maximum Gasteiger partial charge on any atom is 0.283 e. The maximum absolute atomic E-state index is 2.32. The first-order valence-corrected chi connectivity index (χ1v) is 9.43. The van der Waals surface area contributed by atoms with Crippen molar-refractivity contribution < 1.29 is 4.57 Å². The molecule has 0 fully saturated rings. The van der Waals surface area contributed by atoms with Gasteiger partial charge >= 0.3 is 0 Å². The first kappa shape index (κ1) is 17.3. The second-order valence-corrected chi connectivity index (χ2v) is 7.22. The van der Waals surface area contributed by atoms with Gasteiger partial charge in [-0.15, -0.1) is 0 Å². The lowest BCUT2D eigenvalue weighted by atomic mass is 10.0. The molecular formula is C24H26N3+. The van der Waals surface area contributed by atoms with Gasteiger partial charge in [-0.2, -0.15) is 0 Å². The number of anilines is 2. The minimum atomic E-state index is 0.214. The molecule has 0 saturated carbocycles. The fourth-order valence-corrected chi connectivity index (χ4v) is 3.78. The van der Waals surface area contributed by atoms with Gasteiger partial charge in [-0.3, -0.25) is 0 Å². The van der Waals surface area contributed by atoms with E-state index in [1.54, 1.807) is 0 Å². The van der Waals surface area contributed by atoms with Crippen molar-refractivity contribution >= 4 is 11.5 Å². The van der Waals surface area contributed by atoms with Crippen LogP contribution in [-0.4, -0.2) is 6.17 Å². The van der Waals surface area contributed by atoms with E-state index >= 15 is 0 Å². The molecule has 1 aliphatic rings. The number of nitrogens with zero attached hydrogens (tertiary/aromatic N) is 3. The van der Waals surface area contributed by atoms with Crippen molar-refractivity contribution in [3.8, 4) is 11.3 Å². The van der Waals surface area contributed by atoms with Crippen molar-refractivity contribution in [2.45, 2.75) is 26.9 Å². The molecule has 3 heteroatoms. The number of aryl methyl sites for hydroxylation is 2. The van der Waals surface area contributed by atoms with Crippen LogP contribution in [0.15, 0.2) is 79.1 Å². The zero-order chi connectivity index (χ0) is 19.0. The van der Waals surface area contributed by atoms with E-state index in [1.165, 1.54) is 33.9 Å². The fraction of sp³-hybridized carbons (Fsp3) is 0.208. The topological polar surface area (TPSA) is 10.4 Å². The summed E-state index contributed by atoms with van der Waals surface area (Å²) in [4.78, 5) is 4.63. The highest BCUT2D eigenvalue weighted by molar-refractivity contribution is 5.63. The summed E-state index contributed by atoms with van der Waals surface area (Å²) in [5.74, 6) is 1.18. The SMILES string of the molecule is Cc1ccc(N2C=CN(c3cccc(-c4ccccc4C)[n+]3C)[C@H]2C)cc1. The van der Waals surface area contributed by atoms with Gasteiger partial charge in [-0.1, -0.05) is 42.0 Å². The Kier molecular flexibility index (Phi) is 4.44. The number of hydrogen-bond donors (Lipinski definition) is 0. The summed E-state index contributed by atoms with van der Waals surface area (Å²) in [5, 5.41) is 0. The Morgan fingerprint density at radius 1 is 0.778 bits per heavy atom. The molecule has 3 nitrogen and oxygen atoms in total. The lowest BCUT2D eigenvalue weighted by Gasteiger charge is -2.25. The minimum absolute atomic E-state index is 0.214. The Bertz CT molecular complexity index is 989. The average molecular weight is 356 g/mol. The van der Waals surface area contributed by atoms with Gasteiger partial charge in [0.2, 0.25) is 0 Å². The molecule has 0 amide bonds. The molecular weight excluding hydrogens is 330 g/mol. The van der Waals surface area contributed by atoms with Crippen LogP contribution in [0.3, 0.4) is 0 Å². The van der Waals surface area contributed by atoms with Crippen molar-refractivity contribution in [3.05, 3.63) is 90.3 Å². The molecule has 3 aromatic rings. The summed E-state index contributed by atoms with van der Waals surface area (Å²) < 4.78 is 2.28. The predicted molar refractivity (Wildman–Crippen MR) is 113 cm³/mol. The van der Waals surface area contributed by atoms with Gasteiger partial charge in [0.1, 0.15) is 11.9 Å². The lowest BCUT2D eigenvalue weighted by molar-refractivity contribution is -0.647. The third kappa shape index (κ3) is 3.10. The number of hydrogen-bond acceptors (Lipinski definition) is 2. The van der Waals surface area contributed by atoms with Gasteiger partial charge in [0.15, 0.2) is 6.17 Å². The monoisotopic (exact) mass is 356 g/mol. The van der Waals surface area contributed by atoms with Crippen molar-refractivity contribution in [2.24, 2.45) is 7.05 Å². The van der Waals surface area contributed by atoms with E-state index in [2.05, 4.69) is 121 Å². The number of rotatable bonds is 3. The van der Waals surface area contributed by atoms with Crippen molar-refractivity contribution in [1.29, 1.82) is 0 Å². The molecule has 0 saturated heterocycles. The van der Waals surface area contributed by atoms with E-state index in [0.717, 1.165) is 0 Å². The molecule has 1 atom stereocenters. The summed E-state index contributed by atoms with van der Waals surface area (Å²) in [6, 6.07) is 23.8. The van der Waals surface area contributed by atoms with E-state index in [0.29, 0.717) is 0 Å². The summed E-state index contributed by atoms with van der Waals surface area (Å²) in [6.45, 7) is 6.52. The molecule has 136 valence electrons. The predicted octanol–water partition coefficient (Wildman–Crippen LogP) is 4.94. The molecule has 1 aromatic heterocycles. The van der Waals surface area contributed by atoms with Crippen LogP contribution in [0.4, 0.5) is 11.5 Å². The van der Waals surface area contributed by atoms with Crippen LogP contribution in [0.1, 0.15) is 18.1 Å². The molecule has 27 heavy (non-hydrogen) atoms. The average Bonchev–Trinajstić information content (AvgIpc) is 3.05. The molecule has 0 unspecified atom stereocenters. The van der Waals surface area contributed by atoms with Gasteiger partial charge in [0.05, 0.1) is 7.05 Å². The third-order valence-electron chi connectivity index (χ3n) is 5.42. The minimum Gasteiger partial charge on any atom is -0.305 e. The summed E-state index contributed by atoms with van der Waals surface area (Å²) >= 11 is 0. The zero-order valence-electron chi connectivity index (χ0n) is 16.4. The van der Waals surface area contributed by atoms with Crippen LogP contribution >= 0.6 is 0 Å². The molecule has 0 bridgehead atoms. The van der Waals surface area contributed by atoms with Gasteiger partial charge in [0, 0.05) is 23.5 Å². The van der Waals surface area contributed by atoms with Crippen LogP contribution in [0, 0.1) is 13.8 Å². The molecule has 4 rings (SSSR count). The Balaban J connectivity index is 1.69. The standard InChI is InChI=1S/C24H26N3/c1-18-12-14-21(15-13-18)26-16-17-27(20(26)3)24-11-7-10-23(25(24)4)22-9-6-5-8-19(22)2/h5-17,20H,1-4H3/q+1/t20-/m0/s1. The highest BCUT2D eigenvalue weighted by atomic mass is 15.4. The van der Waals surface area contributed by atoms with Crippen molar-refractivity contribution in [2.75, 3.05) is 9.80 Å². The van der Waals surface area contributed by atoms with E-state index in [-0.39, 0.29) is 6.17 Å². The molecule has 0 N–H and O–H groups in total. The van der Waals surface area contributed by atoms with Gasteiger partial charge in [-0.25, -0.2) is 9.47 Å². The quantitative estimate of drug-likeness (QED) is 0.616. The molecule has 2 aromatic carbocycles. The van der Waals surface area contributed by atoms with E-state index in [1.807, 2.05) is 0 Å². The van der Waals surface area contributed by atoms with E-state index < -0.39 is 0 Å². The first-order valence-electron chi connectivity index (χ1n) is 9.43. The smallest absolute Gasteiger partial charge is 0.283 e. The highest BCUT2D eigenvalue weighted by Crippen LogP contribution is 2.29. The Labute approximate surface area is 161 Å². The highest BCUT2D eigenvalue weighted by Gasteiger charge is 2.32. The summed E-state index contributed by atoms with van der Waals surface area (Å²) in [6.07, 6.45) is 4.54. The van der Waals surface area contributed by atoms with Gasteiger partial charge in [-0.05, 0) is 50.6 Å². The van der Waals surface area contributed by atoms with Gasteiger partial charge in [0.25, 0.3) is 5.82 Å². The largest absolute Gasteiger partial charge is 0.305 e. The van der Waals surface area contributed by atoms with E-state index in [4.69, 9.17) is 0 Å². The van der Waals surface area contributed by atoms with Crippen molar-refractivity contribution in [3.63, 3.8) is 0 Å². The maximum atomic E-state index is 2.32. The summed E-state index contributed by atoms with van der Waals surface area (Å²) in [5.41, 5.74) is 6.28. The van der Waals surface area contributed by atoms with Crippen LogP contribution in [0.2, 0.25) is 0 Å². The van der Waals surface area contributed by atoms with Gasteiger partial charge < -0.3 is 4.90 Å². The van der Waals surface area contributed by atoms with Crippen molar-refractivity contribution in [1.82, 2.24) is 0 Å². The van der Waals surface area contributed by atoms with E-state index in [9.17, 15) is 0 Å². The lowest BCUT2D eigenvalue weighted by Crippen LogP contribution is -2.44. The summed E-state index contributed by atoms with van der Waals surface area (Å²) in [7, 11) is 2.15. The number of aromatic nitrogens is 1. The molecule has 2 heterocycles. The molecule has 0 spiro atoms. The van der Waals surface area contributed by atoms with Crippen LogP contribution in [0.25, 0.3) is 11.3 Å². The molecule has 0 aliphatic carbocycles. The van der Waals surface area contributed by atoms with Crippen LogP contribution < -0.4 is 14.4 Å². The normalized spacial score (nSPS) is 16.2. The fourth-order valence-electron chi connectivity index (χ4n) is 3.78. The number of pyridine rings is 1. The first-order chi connectivity index (χ1) is 13.1. The van der Waals surface area contributed by atoms with Crippen LogP contribution in [-0.2, 0) is 7.05 Å². The Morgan fingerprint density at radius 3 is 2.22 bits per heavy atom. The molecule has 1 aliphatic heterocycles. The second-order valence-electron chi connectivity index (χ2n) is 7.22. The third-order valence-corrected chi connectivity index (χ3v) is 5.42. The Hall–Kier alpha value is -3.07. The second kappa shape index (κ2) is 6.92. The zero-order valence-corrected chi connectivity index (χ0v) is 16.4.